The van der Waals surface area contributed by atoms with Gasteiger partial charge in [-0.3, -0.25) is 14.4 Å². The Morgan fingerprint density at radius 1 is 1.00 bits per heavy atom. The molecule has 0 radical (unpaired) electrons. The number of nitrogens with one attached hydrogen (secondary N) is 2. The van der Waals surface area contributed by atoms with Gasteiger partial charge in [-0.1, -0.05) is 35.3 Å². The molecule has 5 rings (SSSR count). The number of halogens is 3. The summed E-state index contributed by atoms with van der Waals surface area (Å²) in [6.07, 6.45) is 0.290. The summed E-state index contributed by atoms with van der Waals surface area (Å²) in [5.41, 5.74) is 2.81. The maximum absolute atomic E-state index is 14.1. The first kappa shape index (κ1) is 29.3. The lowest BCUT2D eigenvalue weighted by molar-refractivity contribution is 0.0653. The van der Waals surface area contributed by atoms with Crippen molar-refractivity contribution in [1.82, 2.24) is 19.8 Å². The summed E-state index contributed by atoms with van der Waals surface area (Å²) in [5.74, 6) is -0.607. The lowest BCUT2D eigenvalue weighted by Gasteiger charge is -2.35. The van der Waals surface area contributed by atoms with Crippen molar-refractivity contribution >= 4 is 41.0 Å². The van der Waals surface area contributed by atoms with E-state index in [4.69, 9.17) is 28.2 Å². The summed E-state index contributed by atoms with van der Waals surface area (Å²) < 4.78 is 15.0. The van der Waals surface area contributed by atoms with Crippen LogP contribution in [0.25, 0.3) is 5.69 Å². The van der Waals surface area contributed by atoms with Crippen LogP contribution in [-0.2, 0) is 13.0 Å². The molecule has 2 heterocycles. The summed E-state index contributed by atoms with van der Waals surface area (Å²) in [6.45, 7) is 3.87. The minimum Gasteiger partial charge on any atom is -0.355 e. The minimum atomic E-state index is -0.355. The molecule has 0 spiro atoms. The third-order valence-electron chi connectivity index (χ3n) is 7.37. The van der Waals surface area contributed by atoms with Crippen LogP contribution in [-0.4, -0.2) is 39.4 Å². The SMILES string of the molecule is CNC(=O)c1ccc(-n2c(N[C@@H](C)c3ccc(F)cc3)nc3c(c2=O)C[C@@H](C)N(C(=O)c2ccc(Cl)c(Cl)c2)C3)cc1. The maximum atomic E-state index is 14.1. The average molecular weight is 609 g/mol. The van der Waals surface area contributed by atoms with E-state index in [0.29, 0.717) is 39.5 Å². The molecule has 216 valence electrons. The highest BCUT2D eigenvalue weighted by atomic mass is 35.5. The van der Waals surface area contributed by atoms with Gasteiger partial charge >= 0.3 is 0 Å². The molecule has 42 heavy (non-hydrogen) atoms. The standard InChI is InChI=1S/C31H28Cl2FN5O3/c1-17-14-24-27(16-38(17)29(41)21-8-13-25(32)26(33)15-21)37-31(36-18(2)19-4-9-22(34)10-5-19)39(30(24)42)23-11-6-20(7-12-23)28(40)35-3/h4-13,15,17-18H,14,16H2,1-3H3,(H,35,40)(H,36,37)/t17-,18+/m1/s1. The molecule has 11 heteroatoms. The number of hydrogen-bond donors (Lipinski definition) is 2. The molecule has 3 aromatic carbocycles. The van der Waals surface area contributed by atoms with Gasteiger partial charge in [-0.05, 0) is 80.4 Å². The Morgan fingerprint density at radius 3 is 2.31 bits per heavy atom. The predicted molar refractivity (Wildman–Crippen MR) is 161 cm³/mol. The number of amides is 2. The Hall–Kier alpha value is -4.21. The molecule has 0 aliphatic carbocycles. The van der Waals surface area contributed by atoms with Crippen molar-refractivity contribution in [2.45, 2.75) is 38.9 Å². The van der Waals surface area contributed by atoms with Gasteiger partial charge in [-0.25, -0.2) is 13.9 Å². The van der Waals surface area contributed by atoms with Gasteiger partial charge in [0.1, 0.15) is 5.82 Å². The highest BCUT2D eigenvalue weighted by Gasteiger charge is 2.32. The summed E-state index contributed by atoms with van der Waals surface area (Å²) in [7, 11) is 1.55. The van der Waals surface area contributed by atoms with Crippen LogP contribution in [0.1, 0.15) is 57.4 Å². The molecule has 0 fully saturated rings. The van der Waals surface area contributed by atoms with Gasteiger partial charge in [-0.2, -0.15) is 0 Å². The summed E-state index contributed by atoms with van der Waals surface area (Å²) in [4.78, 5) is 46.2. The second-order valence-corrected chi connectivity index (χ2v) is 11.0. The van der Waals surface area contributed by atoms with E-state index >= 15 is 0 Å². The fraction of sp³-hybridized carbons (Fsp3) is 0.226. The smallest absolute Gasteiger partial charge is 0.263 e. The molecule has 0 bridgehead atoms. The molecule has 1 aromatic heterocycles. The lowest BCUT2D eigenvalue weighted by atomic mass is 9.98. The number of carbonyl (C=O) groups excluding carboxylic acids is 2. The Morgan fingerprint density at radius 2 is 1.67 bits per heavy atom. The fourth-order valence-corrected chi connectivity index (χ4v) is 5.29. The quantitative estimate of drug-likeness (QED) is 0.289. The summed E-state index contributed by atoms with van der Waals surface area (Å²) in [5, 5.41) is 6.51. The van der Waals surface area contributed by atoms with Crippen LogP contribution >= 0.6 is 23.2 Å². The number of nitrogens with zero attached hydrogens (tertiary/aromatic N) is 3. The Kier molecular flexibility index (Phi) is 8.34. The van der Waals surface area contributed by atoms with Crippen molar-refractivity contribution in [2.75, 3.05) is 12.4 Å². The highest BCUT2D eigenvalue weighted by Crippen LogP contribution is 2.28. The zero-order chi connectivity index (χ0) is 30.1. The predicted octanol–water partition coefficient (Wildman–Crippen LogP) is 5.80. The summed E-state index contributed by atoms with van der Waals surface area (Å²) in [6, 6.07) is 16.8. The molecule has 1 aliphatic heterocycles. The van der Waals surface area contributed by atoms with E-state index in [1.165, 1.54) is 22.8 Å². The molecule has 0 saturated heterocycles. The largest absolute Gasteiger partial charge is 0.355 e. The van der Waals surface area contributed by atoms with Crippen molar-refractivity contribution in [2.24, 2.45) is 0 Å². The van der Waals surface area contributed by atoms with Crippen LogP contribution in [0.15, 0.2) is 71.5 Å². The van der Waals surface area contributed by atoms with Gasteiger partial charge in [0.25, 0.3) is 17.4 Å². The van der Waals surface area contributed by atoms with E-state index < -0.39 is 0 Å². The monoisotopic (exact) mass is 607 g/mol. The third-order valence-corrected chi connectivity index (χ3v) is 8.11. The van der Waals surface area contributed by atoms with Crippen molar-refractivity contribution in [1.29, 1.82) is 0 Å². The summed E-state index contributed by atoms with van der Waals surface area (Å²) >= 11 is 12.2. The Labute approximate surface area is 252 Å². The number of aromatic nitrogens is 2. The van der Waals surface area contributed by atoms with E-state index in [-0.39, 0.29) is 52.8 Å². The Bertz CT molecular complexity index is 1720. The zero-order valence-corrected chi connectivity index (χ0v) is 24.6. The molecular formula is C31H28Cl2FN5O3. The van der Waals surface area contributed by atoms with Crippen LogP contribution in [0.3, 0.4) is 0 Å². The van der Waals surface area contributed by atoms with Gasteiger partial charge in [0.2, 0.25) is 5.95 Å². The molecule has 1 aliphatic rings. The first-order valence-electron chi connectivity index (χ1n) is 13.3. The molecule has 2 amide bonds. The van der Waals surface area contributed by atoms with E-state index in [1.54, 1.807) is 60.5 Å². The van der Waals surface area contributed by atoms with Crippen molar-refractivity contribution in [3.8, 4) is 5.69 Å². The van der Waals surface area contributed by atoms with Crippen LogP contribution in [0.2, 0.25) is 10.0 Å². The number of fused-ring (bicyclic) bond motifs is 1. The number of hydrogen-bond acceptors (Lipinski definition) is 5. The Balaban J connectivity index is 1.57. The van der Waals surface area contributed by atoms with Gasteiger partial charge in [0.05, 0.1) is 34.0 Å². The molecule has 2 N–H and O–H groups in total. The number of carbonyl (C=O) groups is 2. The lowest BCUT2D eigenvalue weighted by Crippen LogP contribution is -2.46. The highest BCUT2D eigenvalue weighted by molar-refractivity contribution is 6.42. The van der Waals surface area contributed by atoms with E-state index in [9.17, 15) is 18.8 Å². The van der Waals surface area contributed by atoms with E-state index in [1.807, 2.05) is 13.8 Å². The van der Waals surface area contributed by atoms with Crippen LogP contribution < -0.4 is 16.2 Å². The molecular weight excluding hydrogens is 580 g/mol. The second-order valence-electron chi connectivity index (χ2n) is 10.2. The van der Waals surface area contributed by atoms with Crippen LogP contribution in [0.5, 0.6) is 0 Å². The number of rotatable bonds is 6. The average Bonchev–Trinajstić information content (AvgIpc) is 2.98. The fourth-order valence-electron chi connectivity index (χ4n) is 5.00. The first-order chi connectivity index (χ1) is 20.1. The zero-order valence-electron chi connectivity index (χ0n) is 23.1. The second kappa shape index (κ2) is 12.0. The maximum Gasteiger partial charge on any atom is 0.263 e. The topological polar surface area (TPSA) is 96.3 Å². The van der Waals surface area contributed by atoms with Crippen molar-refractivity contribution in [3.05, 3.63) is 121 Å². The van der Waals surface area contributed by atoms with Gasteiger partial charge in [0.15, 0.2) is 0 Å². The van der Waals surface area contributed by atoms with Gasteiger partial charge in [-0.15, -0.1) is 0 Å². The molecule has 8 nitrogen and oxygen atoms in total. The van der Waals surface area contributed by atoms with Crippen molar-refractivity contribution in [3.63, 3.8) is 0 Å². The van der Waals surface area contributed by atoms with Gasteiger partial charge in [0, 0.05) is 29.8 Å². The normalized spacial score (nSPS) is 15.1. The third kappa shape index (κ3) is 5.75. The van der Waals surface area contributed by atoms with E-state index in [2.05, 4.69) is 10.6 Å². The molecule has 4 aromatic rings. The van der Waals surface area contributed by atoms with E-state index in [0.717, 1.165) is 5.56 Å². The van der Waals surface area contributed by atoms with Crippen LogP contribution in [0.4, 0.5) is 10.3 Å². The number of benzene rings is 3. The van der Waals surface area contributed by atoms with Crippen molar-refractivity contribution < 1.29 is 14.0 Å². The molecule has 0 unspecified atom stereocenters. The molecule has 2 atom stereocenters. The minimum absolute atomic E-state index is 0.112. The van der Waals surface area contributed by atoms with Gasteiger partial charge < -0.3 is 15.5 Å². The number of anilines is 1. The first-order valence-corrected chi connectivity index (χ1v) is 14.1. The molecule has 0 saturated carbocycles. The van der Waals surface area contributed by atoms with Crippen LogP contribution in [0, 0.1) is 5.82 Å².